The van der Waals surface area contributed by atoms with Gasteiger partial charge in [0, 0.05) is 37.4 Å². The highest BCUT2D eigenvalue weighted by atomic mass is 35.5. The van der Waals surface area contributed by atoms with E-state index in [1.807, 2.05) is 48.5 Å². The molecule has 0 heterocycles. The van der Waals surface area contributed by atoms with Crippen molar-refractivity contribution in [3.05, 3.63) is 88.9 Å². The number of methoxy groups -OCH3 is 1. The van der Waals surface area contributed by atoms with Crippen LogP contribution in [0.25, 0.3) is 11.1 Å². The molecule has 3 rings (SSSR count). The number of anilines is 1. The maximum absolute atomic E-state index is 12.3. The summed E-state index contributed by atoms with van der Waals surface area (Å²) in [6, 6.07) is 24.0. The largest absolute Gasteiger partial charge is 0.385 e. The number of ether oxygens (including phenoxy) is 1. The molecule has 0 unspecified atom stereocenters. The van der Waals surface area contributed by atoms with Crippen LogP contribution in [-0.4, -0.2) is 26.2 Å². The molecule has 162 valence electrons. The fourth-order valence-electron chi connectivity index (χ4n) is 3.27. The van der Waals surface area contributed by atoms with Crippen molar-refractivity contribution in [2.45, 2.75) is 25.8 Å². The molecular formula is C26H29ClN2O2. The number of halogens is 1. The number of hydrogen-bond donors (Lipinski definition) is 2. The molecule has 0 saturated carbocycles. The third-order valence-corrected chi connectivity index (χ3v) is 5.29. The predicted octanol–water partition coefficient (Wildman–Crippen LogP) is 5.70. The van der Waals surface area contributed by atoms with Gasteiger partial charge in [-0.25, -0.2) is 0 Å². The molecule has 0 aliphatic carbocycles. The third kappa shape index (κ3) is 7.83. The topological polar surface area (TPSA) is 50.4 Å². The maximum atomic E-state index is 12.3. The lowest BCUT2D eigenvalue weighted by molar-refractivity contribution is -0.116. The monoisotopic (exact) mass is 436 g/mol. The van der Waals surface area contributed by atoms with Crippen molar-refractivity contribution in [2.75, 3.05) is 25.6 Å². The third-order valence-electron chi connectivity index (χ3n) is 5.04. The summed E-state index contributed by atoms with van der Waals surface area (Å²) in [6.07, 6.45) is 2.18. The first-order chi connectivity index (χ1) is 15.1. The normalized spacial score (nSPS) is 10.8. The average molecular weight is 437 g/mol. The van der Waals surface area contributed by atoms with Crippen LogP contribution < -0.4 is 10.6 Å². The van der Waals surface area contributed by atoms with E-state index in [0.717, 1.165) is 59.9 Å². The van der Waals surface area contributed by atoms with E-state index in [1.54, 1.807) is 7.11 Å². The quantitative estimate of drug-likeness (QED) is 0.379. The Labute approximate surface area is 189 Å². The first-order valence-corrected chi connectivity index (χ1v) is 10.9. The first kappa shape index (κ1) is 23.0. The fraction of sp³-hybridized carbons (Fsp3) is 0.269. The number of nitrogens with one attached hydrogen (secondary N) is 2. The molecule has 0 bridgehead atoms. The molecule has 1 amide bonds. The van der Waals surface area contributed by atoms with Crippen LogP contribution in [0.3, 0.4) is 0 Å². The predicted molar refractivity (Wildman–Crippen MR) is 128 cm³/mol. The van der Waals surface area contributed by atoms with Crippen LogP contribution in [0, 0.1) is 0 Å². The smallest absolute Gasteiger partial charge is 0.224 e. The molecule has 0 radical (unpaired) electrons. The van der Waals surface area contributed by atoms with Crippen LogP contribution in [0.4, 0.5) is 5.69 Å². The van der Waals surface area contributed by atoms with Crippen LogP contribution in [0.1, 0.15) is 24.0 Å². The van der Waals surface area contributed by atoms with Crippen molar-refractivity contribution in [2.24, 2.45) is 0 Å². The van der Waals surface area contributed by atoms with Gasteiger partial charge in [-0.3, -0.25) is 4.79 Å². The Balaban J connectivity index is 1.42. The van der Waals surface area contributed by atoms with Gasteiger partial charge in [0.25, 0.3) is 0 Å². The summed E-state index contributed by atoms with van der Waals surface area (Å²) in [5.41, 5.74) is 5.39. The molecule has 0 aromatic heterocycles. The minimum absolute atomic E-state index is 0.0168. The minimum Gasteiger partial charge on any atom is -0.385 e. The number of carbonyl (C=O) groups excluding carboxylic acids is 1. The molecule has 3 aromatic carbocycles. The van der Waals surface area contributed by atoms with E-state index in [-0.39, 0.29) is 5.91 Å². The van der Waals surface area contributed by atoms with Gasteiger partial charge in [0.15, 0.2) is 0 Å². The molecule has 0 aliphatic rings. The van der Waals surface area contributed by atoms with Crippen LogP contribution in [0.5, 0.6) is 0 Å². The van der Waals surface area contributed by atoms with E-state index in [4.69, 9.17) is 16.3 Å². The fourth-order valence-corrected chi connectivity index (χ4v) is 3.39. The van der Waals surface area contributed by atoms with E-state index in [2.05, 4.69) is 34.9 Å². The van der Waals surface area contributed by atoms with Crippen molar-refractivity contribution >= 4 is 23.2 Å². The lowest BCUT2D eigenvalue weighted by Crippen LogP contribution is -2.16. The van der Waals surface area contributed by atoms with Gasteiger partial charge in [-0.1, -0.05) is 60.1 Å². The summed E-state index contributed by atoms with van der Waals surface area (Å²) in [6.45, 7) is 2.56. The number of amides is 1. The van der Waals surface area contributed by atoms with E-state index >= 15 is 0 Å². The van der Waals surface area contributed by atoms with Crippen molar-refractivity contribution < 1.29 is 9.53 Å². The average Bonchev–Trinajstić information content (AvgIpc) is 2.79. The molecule has 2 N–H and O–H groups in total. The molecule has 5 heteroatoms. The van der Waals surface area contributed by atoms with Crippen molar-refractivity contribution in [1.82, 2.24) is 5.32 Å². The Morgan fingerprint density at radius 3 is 2.13 bits per heavy atom. The van der Waals surface area contributed by atoms with Gasteiger partial charge in [-0.2, -0.15) is 0 Å². The molecule has 0 aliphatic heterocycles. The molecule has 0 atom stereocenters. The van der Waals surface area contributed by atoms with Gasteiger partial charge in [-0.05, 0) is 65.9 Å². The number of benzene rings is 3. The summed E-state index contributed by atoms with van der Waals surface area (Å²) >= 11 is 5.94. The second kappa shape index (κ2) is 12.3. The molecule has 0 saturated heterocycles. The van der Waals surface area contributed by atoms with Gasteiger partial charge >= 0.3 is 0 Å². The molecule has 0 spiro atoms. The highest BCUT2D eigenvalue weighted by molar-refractivity contribution is 6.30. The number of rotatable bonds is 11. The van der Waals surface area contributed by atoms with Crippen LogP contribution in [0.2, 0.25) is 5.02 Å². The zero-order valence-electron chi connectivity index (χ0n) is 17.9. The van der Waals surface area contributed by atoms with Gasteiger partial charge in [0.2, 0.25) is 5.91 Å². The van der Waals surface area contributed by atoms with Gasteiger partial charge in [0.05, 0.1) is 0 Å². The maximum Gasteiger partial charge on any atom is 0.224 e. The van der Waals surface area contributed by atoms with Crippen LogP contribution in [-0.2, 0) is 22.5 Å². The summed E-state index contributed by atoms with van der Waals surface area (Å²) in [4.78, 5) is 12.3. The van der Waals surface area contributed by atoms with Gasteiger partial charge < -0.3 is 15.4 Å². The van der Waals surface area contributed by atoms with E-state index in [9.17, 15) is 4.79 Å². The van der Waals surface area contributed by atoms with Crippen molar-refractivity contribution in [1.29, 1.82) is 0 Å². The SMILES string of the molecule is COCCCNCc1ccc(CCC(=O)Nc2ccc(-c3ccc(Cl)cc3)cc2)cc1. The standard InChI is InChI=1S/C26H29ClN2O2/c1-31-18-2-17-28-19-21-5-3-20(4-6-21)7-16-26(30)29-25-14-10-23(11-15-25)22-8-12-24(27)13-9-22/h3-6,8-15,28H,2,7,16-19H2,1H3,(H,29,30). The molecule has 4 nitrogen and oxygen atoms in total. The lowest BCUT2D eigenvalue weighted by atomic mass is 10.1. The Kier molecular flexibility index (Phi) is 9.10. The van der Waals surface area contributed by atoms with Crippen LogP contribution in [0.15, 0.2) is 72.8 Å². The van der Waals surface area contributed by atoms with E-state index in [1.165, 1.54) is 5.56 Å². The zero-order valence-corrected chi connectivity index (χ0v) is 18.6. The second-order valence-electron chi connectivity index (χ2n) is 7.47. The van der Waals surface area contributed by atoms with Crippen molar-refractivity contribution in [3.8, 4) is 11.1 Å². The summed E-state index contributed by atoms with van der Waals surface area (Å²) in [7, 11) is 1.72. The van der Waals surface area contributed by atoms with Crippen LogP contribution >= 0.6 is 11.6 Å². The molecule has 31 heavy (non-hydrogen) atoms. The second-order valence-corrected chi connectivity index (χ2v) is 7.91. The van der Waals surface area contributed by atoms with E-state index < -0.39 is 0 Å². The Morgan fingerprint density at radius 2 is 1.48 bits per heavy atom. The minimum atomic E-state index is 0.0168. The number of carbonyl (C=O) groups is 1. The Bertz CT molecular complexity index is 939. The Hall–Kier alpha value is -2.66. The molecule has 3 aromatic rings. The van der Waals surface area contributed by atoms with Gasteiger partial charge in [-0.15, -0.1) is 0 Å². The summed E-state index contributed by atoms with van der Waals surface area (Å²) < 4.78 is 5.04. The first-order valence-electron chi connectivity index (χ1n) is 10.6. The lowest BCUT2D eigenvalue weighted by Gasteiger charge is -2.08. The van der Waals surface area contributed by atoms with E-state index in [0.29, 0.717) is 6.42 Å². The number of hydrogen-bond acceptors (Lipinski definition) is 3. The number of aryl methyl sites for hydroxylation is 1. The van der Waals surface area contributed by atoms with Gasteiger partial charge in [0.1, 0.15) is 0 Å². The highest BCUT2D eigenvalue weighted by Gasteiger charge is 2.05. The highest BCUT2D eigenvalue weighted by Crippen LogP contribution is 2.23. The zero-order chi connectivity index (χ0) is 21.9. The molecular weight excluding hydrogens is 408 g/mol. The Morgan fingerprint density at radius 1 is 0.871 bits per heavy atom. The van der Waals surface area contributed by atoms with Crippen molar-refractivity contribution in [3.63, 3.8) is 0 Å². The summed E-state index contributed by atoms with van der Waals surface area (Å²) in [5.74, 6) is 0.0168. The molecule has 0 fully saturated rings. The summed E-state index contributed by atoms with van der Waals surface area (Å²) in [5, 5.41) is 7.10.